The molecule has 0 aliphatic heterocycles. The van der Waals surface area contributed by atoms with E-state index in [0.29, 0.717) is 0 Å². The van der Waals surface area contributed by atoms with Crippen LogP contribution in [0.4, 0.5) is 0 Å². The third kappa shape index (κ3) is 3.67. The lowest BCUT2D eigenvalue weighted by molar-refractivity contribution is 0.453. The molecule has 2 aromatic carbocycles. The predicted octanol–water partition coefficient (Wildman–Crippen LogP) is 3.52. The molecule has 0 radical (unpaired) electrons. The van der Waals surface area contributed by atoms with Crippen molar-refractivity contribution >= 4 is 25.4 Å². The fourth-order valence-corrected chi connectivity index (χ4v) is 4.22. The zero-order valence-corrected chi connectivity index (χ0v) is 13.5. The standard InChI is InChI=1S/C17H20O3Si/c1-21(2,3)17-13(10-15(19)11-16(17)20)7-4-12-5-8-14(18)9-6-12/h4-11,18-20H,1-3H3. The fourth-order valence-electron chi connectivity index (χ4n) is 2.35. The Bertz CT molecular complexity index is 668. The molecule has 0 bridgehead atoms. The second-order valence-electron chi connectivity index (χ2n) is 6.10. The fraction of sp³-hybridized carbons (Fsp3) is 0.176. The van der Waals surface area contributed by atoms with E-state index in [2.05, 4.69) is 19.6 Å². The van der Waals surface area contributed by atoms with E-state index in [-0.39, 0.29) is 17.2 Å². The molecule has 0 aliphatic rings. The number of phenolic OH excluding ortho intramolecular Hbond substituents is 3. The molecule has 3 nitrogen and oxygen atoms in total. The van der Waals surface area contributed by atoms with Crippen molar-refractivity contribution in [2.24, 2.45) is 0 Å². The Morgan fingerprint density at radius 2 is 1.43 bits per heavy atom. The van der Waals surface area contributed by atoms with Gasteiger partial charge in [-0.1, -0.05) is 43.9 Å². The quantitative estimate of drug-likeness (QED) is 0.600. The minimum atomic E-state index is -1.74. The summed E-state index contributed by atoms with van der Waals surface area (Å²) in [6.07, 6.45) is 3.79. The molecule has 0 saturated carbocycles. The molecule has 0 amide bonds. The third-order valence-electron chi connectivity index (χ3n) is 3.23. The highest BCUT2D eigenvalue weighted by molar-refractivity contribution is 6.89. The highest BCUT2D eigenvalue weighted by Crippen LogP contribution is 2.24. The van der Waals surface area contributed by atoms with Gasteiger partial charge in [0.25, 0.3) is 0 Å². The highest BCUT2D eigenvalue weighted by atomic mass is 28.3. The molecule has 0 heterocycles. The predicted molar refractivity (Wildman–Crippen MR) is 89.8 cm³/mol. The van der Waals surface area contributed by atoms with Gasteiger partial charge in [-0.05, 0) is 34.5 Å². The van der Waals surface area contributed by atoms with Gasteiger partial charge in [0.1, 0.15) is 17.2 Å². The van der Waals surface area contributed by atoms with Gasteiger partial charge in [0, 0.05) is 6.07 Å². The van der Waals surface area contributed by atoms with Crippen molar-refractivity contribution in [3.8, 4) is 17.2 Å². The Hall–Kier alpha value is -2.20. The molecular weight excluding hydrogens is 280 g/mol. The van der Waals surface area contributed by atoms with E-state index in [1.165, 1.54) is 6.07 Å². The number of benzene rings is 2. The summed E-state index contributed by atoms with van der Waals surface area (Å²) in [5.41, 5.74) is 1.77. The summed E-state index contributed by atoms with van der Waals surface area (Å²) in [6.45, 7) is 6.45. The Morgan fingerprint density at radius 1 is 0.810 bits per heavy atom. The minimum Gasteiger partial charge on any atom is -0.508 e. The van der Waals surface area contributed by atoms with E-state index in [4.69, 9.17) is 0 Å². The number of phenols is 3. The molecule has 0 fully saturated rings. The summed E-state index contributed by atoms with van der Waals surface area (Å²) < 4.78 is 0. The van der Waals surface area contributed by atoms with E-state index in [1.807, 2.05) is 24.3 Å². The molecule has 0 atom stereocenters. The van der Waals surface area contributed by atoms with Gasteiger partial charge in [-0.3, -0.25) is 0 Å². The molecule has 4 heteroatoms. The topological polar surface area (TPSA) is 60.7 Å². The van der Waals surface area contributed by atoms with Gasteiger partial charge in [-0.15, -0.1) is 0 Å². The van der Waals surface area contributed by atoms with Crippen LogP contribution in [0.1, 0.15) is 11.1 Å². The van der Waals surface area contributed by atoms with Gasteiger partial charge in [0.15, 0.2) is 0 Å². The Labute approximate surface area is 125 Å². The molecule has 21 heavy (non-hydrogen) atoms. The van der Waals surface area contributed by atoms with Gasteiger partial charge in [-0.25, -0.2) is 0 Å². The first-order chi connectivity index (χ1) is 9.77. The van der Waals surface area contributed by atoms with Crippen LogP contribution in [0.25, 0.3) is 12.2 Å². The molecule has 0 unspecified atom stereocenters. The Kier molecular flexibility index (Phi) is 4.09. The molecule has 0 saturated heterocycles. The number of hydrogen-bond acceptors (Lipinski definition) is 3. The first-order valence-corrected chi connectivity index (χ1v) is 10.3. The second-order valence-corrected chi connectivity index (χ2v) is 11.1. The lowest BCUT2D eigenvalue weighted by Crippen LogP contribution is -2.39. The van der Waals surface area contributed by atoms with Crippen LogP contribution in [-0.2, 0) is 0 Å². The van der Waals surface area contributed by atoms with E-state index in [0.717, 1.165) is 16.3 Å². The summed E-state index contributed by atoms with van der Waals surface area (Å²) in [4.78, 5) is 0. The monoisotopic (exact) mass is 300 g/mol. The van der Waals surface area contributed by atoms with Crippen LogP contribution in [0.15, 0.2) is 36.4 Å². The second kappa shape index (κ2) is 5.66. The summed E-state index contributed by atoms with van der Waals surface area (Å²) in [5.74, 6) is 0.435. The van der Waals surface area contributed by atoms with Crippen molar-refractivity contribution in [3.05, 3.63) is 47.5 Å². The lowest BCUT2D eigenvalue weighted by Gasteiger charge is -2.21. The smallest absolute Gasteiger partial charge is 0.119 e. The number of rotatable bonds is 3. The molecule has 0 aliphatic carbocycles. The van der Waals surface area contributed by atoms with Crippen LogP contribution in [0.5, 0.6) is 17.2 Å². The normalized spacial score (nSPS) is 12.0. The van der Waals surface area contributed by atoms with E-state index in [9.17, 15) is 15.3 Å². The SMILES string of the molecule is C[Si](C)(C)c1c(O)cc(O)cc1C=Cc1ccc(O)cc1. The van der Waals surface area contributed by atoms with E-state index < -0.39 is 8.07 Å². The van der Waals surface area contributed by atoms with Gasteiger partial charge in [-0.2, -0.15) is 0 Å². The maximum atomic E-state index is 10.1. The van der Waals surface area contributed by atoms with Gasteiger partial charge < -0.3 is 15.3 Å². The van der Waals surface area contributed by atoms with Crippen LogP contribution < -0.4 is 5.19 Å². The van der Waals surface area contributed by atoms with Crippen molar-refractivity contribution in [2.45, 2.75) is 19.6 Å². The van der Waals surface area contributed by atoms with Crippen molar-refractivity contribution in [1.29, 1.82) is 0 Å². The summed E-state index contributed by atoms with van der Waals surface area (Å²) in [6, 6.07) is 9.93. The Balaban J connectivity index is 2.46. The summed E-state index contributed by atoms with van der Waals surface area (Å²) >= 11 is 0. The molecule has 3 N–H and O–H groups in total. The molecule has 2 rings (SSSR count). The molecule has 0 aromatic heterocycles. The minimum absolute atomic E-state index is 0.0554. The van der Waals surface area contributed by atoms with Crippen LogP contribution in [0.3, 0.4) is 0 Å². The van der Waals surface area contributed by atoms with Crippen LogP contribution in [0, 0.1) is 0 Å². The van der Waals surface area contributed by atoms with Gasteiger partial charge >= 0.3 is 0 Å². The average molecular weight is 300 g/mol. The maximum Gasteiger partial charge on any atom is 0.119 e. The lowest BCUT2D eigenvalue weighted by atomic mass is 10.1. The van der Waals surface area contributed by atoms with Crippen LogP contribution in [-0.4, -0.2) is 23.4 Å². The first-order valence-electron chi connectivity index (χ1n) is 6.81. The Morgan fingerprint density at radius 3 is 2.00 bits per heavy atom. The third-order valence-corrected chi connectivity index (χ3v) is 5.28. The molecule has 2 aromatic rings. The number of aromatic hydroxyl groups is 3. The van der Waals surface area contributed by atoms with Crippen molar-refractivity contribution < 1.29 is 15.3 Å². The van der Waals surface area contributed by atoms with Crippen LogP contribution >= 0.6 is 0 Å². The first kappa shape index (κ1) is 15.2. The average Bonchev–Trinajstić information content (AvgIpc) is 2.35. The summed E-state index contributed by atoms with van der Waals surface area (Å²) in [7, 11) is -1.74. The molecule has 110 valence electrons. The van der Waals surface area contributed by atoms with Crippen LogP contribution in [0.2, 0.25) is 19.6 Å². The van der Waals surface area contributed by atoms with Crippen molar-refractivity contribution in [3.63, 3.8) is 0 Å². The molecule has 0 spiro atoms. The number of hydrogen-bond donors (Lipinski definition) is 3. The van der Waals surface area contributed by atoms with Crippen molar-refractivity contribution in [2.75, 3.05) is 0 Å². The van der Waals surface area contributed by atoms with E-state index in [1.54, 1.807) is 18.2 Å². The van der Waals surface area contributed by atoms with Crippen molar-refractivity contribution in [1.82, 2.24) is 0 Å². The maximum absolute atomic E-state index is 10.1. The largest absolute Gasteiger partial charge is 0.508 e. The molecular formula is C17H20O3Si. The zero-order chi connectivity index (χ0) is 15.6. The zero-order valence-electron chi connectivity index (χ0n) is 12.5. The van der Waals surface area contributed by atoms with E-state index >= 15 is 0 Å². The van der Waals surface area contributed by atoms with Gasteiger partial charge in [0.05, 0.1) is 8.07 Å². The van der Waals surface area contributed by atoms with Gasteiger partial charge in [0.2, 0.25) is 0 Å². The highest BCUT2D eigenvalue weighted by Gasteiger charge is 2.23. The summed E-state index contributed by atoms with van der Waals surface area (Å²) in [5, 5.41) is 30.1.